The maximum absolute atomic E-state index is 5.88. The Labute approximate surface area is 192 Å². The van der Waals surface area contributed by atoms with Gasteiger partial charge in [0.2, 0.25) is 4.77 Å². The molecular weight excluding hydrogens is 428 g/mol. The number of rotatable bonds is 12. The van der Waals surface area contributed by atoms with Crippen LogP contribution in [-0.2, 0) is 6.42 Å². The summed E-state index contributed by atoms with van der Waals surface area (Å²) in [6.07, 6.45) is 2.44. The first-order chi connectivity index (χ1) is 15.6. The van der Waals surface area contributed by atoms with Gasteiger partial charge in [-0.2, -0.15) is 14.9 Å². The fourth-order valence-corrected chi connectivity index (χ4v) is 3.10. The van der Waals surface area contributed by atoms with Crippen molar-refractivity contribution in [2.24, 2.45) is 5.10 Å². The number of hydrogen-bond acceptors (Lipinski definition) is 7. The van der Waals surface area contributed by atoms with Crippen LogP contribution in [0.15, 0.2) is 47.6 Å². The molecule has 0 radical (unpaired) electrons. The molecule has 32 heavy (non-hydrogen) atoms. The molecule has 1 aromatic heterocycles. The van der Waals surface area contributed by atoms with E-state index >= 15 is 0 Å². The maximum Gasteiger partial charge on any atom is 0.216 e. The Morgan fingerprint density at radius 3 is 2.28 bits per heavy atom. The van der Waals surface area contributed by atoms with Crippen molar-refractivity contribution in [3.63, 3.8) is 0 Å². The quantitative estimate of drug-likeness (QED) is 0.243. The summed E-state index contributed by atoms with van der Waals surface area (Å²) in [5, 5.41) is 11.3. The monoisotopic (exact) mass is 456 g/mol. The van der Waals surface area contributed by atoms with Gasteiger partial charge in [0.15, 0.2) is 17.3 Å². The number of hydrogen-bond donors (Lipinski definition) is 1. The standard InChI is InChI=1S/C23H28N4O4S/c1-4-22-25-26-23(32)27(22)24-16-17-7-12-20(21(15-17)29-6-3)31-14-13-30-19-10-8-18(9-11-19)28-5-2/h7-12,15-16H,4-6,13-14H2,1-3H3,(H,26,32). The van der Waals surface area contributed by atoms with Crippen LogP contribution in [-0.4, -0.2) is 47.5 Å². The van der Waals surface area contributed by atoms with Gasteiger partial charge >= 0.3 is 0 Å². The van der Waals surface area contributed by atoms with Crippen molar-refractivity contribution in [3.05, 3.63) is 58.6 Å². The third-order valence-corrected chi connectivity index (χ3v) is 4.63. The number of nitrogens with zero attached hydrogens (tertiary/aromatic N) is 3. The van der Waals surface area contributed by atoms with Crippen LogP contribution >= 0.6 is 12.2 Å². The van der Waals surface area contributed by atoms with Crippen molar-refractivity contribution in [3.8, 4) is 23.0 Å². The SMILES string of the molecule is CCOc1ccc(OCCOc2ccc(C=Nn3c(CC)n[nH]c3=S)cc2OCC)cc1. The summed E-state index contributed by atoms with van der Waals surface area (Å²) in [6, 6.07) is 13.2. The Morgan fingerprint density at radius 2 is 1.59 bits per heavy atom. The van der Waals surface area contributed by atoms with E-state index in [-0.39, 0.29) is 0 Å². The highest BCUT2D eigenvalue weighted by molar-refractivity contribution is 7.71. The maximum atomic E-state index is 5.88. The van der Waals surface area contributed by atoms with Crippen LogP contribution in [0.3, 0.4) is 0 Å². The lowest BCUT2D eigenvalue weighted by molar-refractivity contribution is 0.208. The van der Waals surface area contributed by atoms with Crippen molar-refractivity contribution in [2.45, 2.75) is 27.2 Å². The number of H-pyrrole nitrogens is 1. The molecule has 8 nitrogen and oxygen atoms in total. The first-order valence-electron chi connectivity index (χ1n) is 10.6. The van der Waals surface area contributed by atoms with Crippen molar-refractivity contribution in [1.82, 2.24) is 14.9 Å². The van der Waals surface area contributed by atoms with Gasteiger partial charge in [0, 0.05) is 6.42 Å². The van der Waals surface area contributed by atoms with E-state index in [1.807, 2.05) is 63.2 Å². The molecule has 0 unspecified atom stereocenters. The van der Waals surface area contributed by atoms with Gasteiger partial charge in [-0.25, -0.2) is 0 Å². The van der Waals surface area contributed by atoms with Gasteiger partial charge < -0.3 is 18.9 Å². The number of nitrogens with one attached hydrogen (secondary N) is 1. The van der Waals surface area contributed by atoms with Gasteiger partial charge in [-0.3, -0.25) is 5.10 Å². The van der Waals surface area contributed by atoms with Gasteiger partial charge in [0.1, 0.15) is 24.7 Å². The number of aromatic amines is 1. The molecule has 0 bridgehead atoms. The number of benzene rings is 2. The van der Waals surface area contributed by atoms with E-state index in [2.05, 4.69) is 15.3 Å². The molecule has 3 aromatic rings. The number of ether oxygens (including phenoxy) is 4. The second-order valence-electron chi connectivity index (χ2n) is 6.60. The Bertz CT molecular complexity index is 1080. The highest BCUT2D eigenvalue weighted by atomic mass is 32.1. The fraction of sp³-hybridized carbons (Fsp3) is 0.348. The molecular formula is C23H28N4O4S. The Morgan fingerprint density at radius 1 is 0.906 bits per heavy atom. The van der Waals surface area contributed by atoms with E-state index in [4.69, 9.17) is 31.2 Å². The van der Waals surface area contributed by atoms with Crippen LogP contribution in [0.25, 0.3) is 0 Å². The van der Waals surface area contributed by atoms with E-state index in [1.165, 1.54) is 0 Å². The first-order valence-corrected chi connectivity index (χ1v) is 11.0. The van der Waals surface area contributed by atoms with E-state index in [0.717, 1.165) is 29.3 Å². The lowest BCUT2D eigenvalue weighted by atomic mass is 10.2. The molecule has 0 spiro atoms. The Kier molecular flexibility index (Phi) is 8.68. The molecule has 0 saturated heterocycles. The van der Waals surface area contributed by atoms with E-state index in [1.54, 1.807) is 10.9 Å². The van der Waals surface area contributed by atoms with Crippen LogP contribution < -0.4 is 18.9 Å². The second kappa shape index (κ2) is 11.9. The molecule has 170 valence electrons. The highest BCUT2D eigenvalue weighted by Gasteiger charge is 2.07. The number of aromatic nitrogens is 3. The molecule has 0 aliphatic rings. The smallest absolute Gasteiger partial charge is 0.216 e. The van der Waals surface area contributed by atoms with Crippen molar-refractivity contribution in [1.29, 1.82) is 0 Å². The Balaban J connectivity index is 1.59. The minimum Gasteiger partial charge on any atom is -0.494 e. The van der Waals surface area contributed by atoms with Crippen LogP contribution in [0.2, 0.25) is 0 Å². The predicted octanol–water partition coefficient (Wildman–Crippen LogP) is 4.64. The first kappa shape index (κ1) is 23.3. The summed E-state index contributed by atoms with van der Waals surface area (Å²) in [6.45, 7) is 7.82. The second-order valence-corrected chi connectivity index (χ2v) is 6.98. The van der Waals surface area contributed by atoms with Crippen molar-refractivity contribution < 1.29 is 18.9 Å². The lowest BCUT2D eigenvalue weighted by Gasteiger charge is -2.13. The molecule has 1 heterocycles. The average molecular weight is 457 g/mol. The van der Waals surface area contributed by atoms with Crippen molar-refractivity contribution in [2.75, 3.05) is 26.4 Å². The van der Waals surface area contributed by atoms with Gasteiger partial charge in [-0.1, -0.05) is 6.92 Å². The summed E-state index contributed by atoms with van der Waals surface area (Å²) in [4.78, 5) is 0. The van der Waals surface area contributed by atoms with E-state index in [0.29, 0.717) is 42.7 Å². The van der Waals surface area contributed by atoms with E-state index < -0.39 is 0 Å². The molecule has 9 heteroatoms. The third-order valence-electron chi connectivity index (χ3n) is 4.37. The summed E-state index contributed by atoms with van der Waals surface area (Å²) >= 11 is 5.22. The summed E-state index contributed by atoms with van der Waals surface area (Å²) in [5.74, 6) is 3.64. The highest BCUT2D eigenvalue weighted by Crippen LogP contribution is 2.28. The van der Waals surface area contributed by atoms with Crippen LogP contribution in [0.5, 0.6) is 23.0 Å². The predicted molar refractivity (Wildman–Crippen MR) is 126 cm³/mol. The summed E-state index contributed by atoms with van der Waals surface area (Å²) < 4.78 is 24.9. The van der Waals surface area contributed by atoms with Crippen LogP contribution in [0.1, 0.15) is 32.2 Å². The van der Waals surface area contributed by atoms with Gasteiger partial charge in [0.25, 0.3) is 0 Å². The van der Waals surface area contributed by atoms with Crippen LogP contribution in [0, 0.1) is 4.77 Å². The average Bonchev–Trinajstić information content (AvgIpc) is 3.17. The fourth-order valence-electron chi connectivity index (χ4n) is 2.90. The van der Waals surface area contributed by atoms with Crippen molar-refractivity contribution >= 4 is 18.4 Å². The minimum absolute atomic E-state index is 0.380. The molecule has 0 amide bonds. The van der Waals surface area contributed by atoms with Gasteiger partial charge in [-0.05, 0) is 74.1 Å². The molecule has 0 atom stereocenters. The van der Waals surface area contributed by atoms with E-state index in [9.17, 15) is 0 Å². The largest absolute Gasteiger partial charge is 0.494 e. The minimum atomic E-state index is 0.380. The van der Waals surface area contributed by atoms with Gasteiger partial charge in [-0.15, -0.1) is 0 Å². The summed E-state index contributed by atoms with van der Waals surface area (Å²) in [7, 11) is 0. The lowest BCUT2D eigenvalue weighted by Crippen LogP contribution is -2.10. The molecule has 0 fully saturated rings. The zero-order valence-corrected chi connectivity index (χ0v) is 19.4. The zero-order valence-electron chi connectivity index (χ0n) is 18.5. The molecule has 1 N–H and O–H groups in total. The topological polar surface area (TPSA) is 82.9 Å². The molecule has 0 saturated carbocycles. The molecule has 2 aromatic carbocycles. The van der Waals surface area contributed by atoms with Crippen LogP contribution in [0.4, 0.5) is 0 Å². The Hall–Kier alpha value is -3.33. The third kappa shape index (κ3) is 6.34. The zero-order chi connectivity index (χ0) is 22.8. The molecule has 0 aliphatic carbocycles. The number of aryl methyl sites for hydroxylation is 1. The summed E-state index contributed by atoms with van der Waals surface area (Å²) in [5.41, 5.74) is 0.858. The van der Waals surface area contributed by atoms with Gasteiger partial charge in [0.05, 0.1) is 19.4 Å². The molecule has 0 aliphatic heterocycles. The normalized spacial score (nSPS) is 11.0. The molecule has 3 rings (SSSR count).